The highest BCUT2D eigenvalue weighted by Gasteiger charge is 2.15. The van der Waals surface area contributed by atoms with Gasteiger partial charge in [-0.1, -0.05) is 6.07 Å². The summed E-state index contributed by atoms with van der Waals surface area (Å²) >= 11 is 6.85. The number of carbonyl (C=O) groups excluding carboxylic acids is 2. The van der Waals surface area contributed by atoms with E-state index in [4.69, 9.17) is 17.0 Å². The van der Waals surface area contributed by atoms with Gasteiger partial charge in [-0.2, -0.15) is 0 Å². The van der Waals surface area contributed by atoms with Gasteiger partial charge in [0.1, 0.15) is 5.75 Å². The van der Waals surface area contributed by atoms with Crippen LogP contribution in [-0.2, 0) is 4.79 Å². The van der Waals surface area contributed by atoms with Gasteiger partial charge in [0.15, 0.2) is 10.9 Å². The van der Waals surface area contributed by atoms with Crippen LogP contribution in [0.3, 0.4) is 0 Å². The standard InChI is InChI=1S/C25H25N3O3S2/c1-16(29)18-7-9-20(10-8-18)27-25(32)28-21-5-4-6-23(15-21)33-17(2)24(30)26-19-11-13-22(31-3)14-12-19/h4-15,17H,1-3H3,(H,26,30)(H2,27,28,32). The molecule has 1 amide bonds. The summed E-state index contributed by atoms with van der Waals surface area (Å²) in [6.07, 6.45) is 0. The molecule has 0 saturated heterocycles. The number of amides is 1. The molecule has 0 aromatic heterocycles. The van der Waals surface area contributed by atoms with Gasteiger partial charge in [-0.3, -0.25) is 9.59 Å². The average molecular weight is 480 g/mol. The van der Waals surface area contributed by atoms with Gasteiger partial charge in [0.05, 0.1) is 12.4 Å². The summed E-state index contributed by atoms with van der Waals surface area (Å²) in [4.78, 5) is 24.9. The van der Waals surface area contributed by atoms with Gasteiger partial charge >= 0.3 is 0 Å². The number of carbonyl (C=O) groups is 2. The highest BCUT2D eigenvalue weighted by Crippen LogP contribution is 2.27. The molecule has 0 aliphatic carbocycles. The summed E-state index contributed by atoms with van der Waals surface area (Å²) in [6, 6.07) is 22.0. The first kappa shape index (κ1) is 24.3. The molecule has 0 spiro atoms. The topological polar surface area (TPSA) is 79.5 Å². The molecule has 1 unspecified atom stereocenters. The zero-order valence-corrected chi connectivity index (χ0v) is 20.2. The van der Waals surface area contributed by atoms with Crippen molar-refractivity contribution in [2.24, 2.45) is 0 Å². The Morgan fingerprint density at radius 2 is 1.48 bits per heavy atom. The number of methoxy groups -OCH3 is 1. The lowest BCUT2D eigenvalue weighted by Crippen LogP contribution is -2.22. The minimum atomic E-state index is -0.299. The first-order valence-corrected chi connectivity index (χ1v) is 11.5. The molecule has 1 atom stereocenters. The van der Waals surface area contributed by atoms with Crippen molar-refractivity contribution in [2.75, 3.05) is 23.1 Å². The lowest BCUT2D eigenvalue weighted by Gasteiger charge is -2.14. The molecule has 3 N–H and O–H groups in total. The molecule has 3 rings (SSSR count). The first-order valence-electron chi connectivity index (χ1n) is 10.2. The summed E-state index contributed by atoms with van der Waals surface area (Å²) in [7, 11) is 1.60. The van der Waals surface area contributed by atoms with Crippen LogP contribution in [0.1, 0.15) is 24.2 Å². The Hall–Kier alpha value is -3.36. The monoisotopic (exact) mass is 479 g/mol. The quantitative estimate of drug-likeness (QED) is 0.213. The van der Waals surface area contributed by atoms with Crippen LogP contribution in [0.25, 0.3) is 0 Å². The number of thiocarbonyl (C=S) groups is 1. The highest BCUT2D eigenvalue weighted by molar-refractivity contribution is 8.00. The summed E-state index contributed by atoms with van der Waals surface area (Å²) in [6.45, 7) is 3.39. The Morgan fingerprint density at radius 3 is 2.12 bits per heavy atom. The van der Waals surface area contributed by atoms with E-state index < -0.39 is 0 Å². The van der Waals surface area contributed by atoms with Crippen LogP contribution in [0.15, 0.2) is 77.7 Å². The van der Waals surface area contributed by atoms with Gasteiger partial charge in [0.25, 0.3) is 0 Å². The number of rotatable bonds is 8. The summed E-state index contributed by atoms with van der Waals surface area (Å²) in [5.41, 5.74) is 2.96. The van der Waals surface area contributed by atoms with Crippen molar-refractivity contribution in [1.29, 1.82) is 0 Å². The highest BCUT2D eigenvalue weighted by atomic mass is 32.2. The van der Waals surface area contributed by atoms with E-state index in [2.05, 4.69) is 16.0 Å². The number of thioether (sulfide) groups is 1. The maximum atomic E-state index is 12.6. The molecule has 3 aromatic rings. The molecule has 0 radical (unpaired) electrons. The molecule has 8 heteroatoms. The average Bonchev–Trinajstić information content (AvgIpc) is 2.80. The molecule has 0 heterocycles. The van der Waals surface area contributed by atoms with Gasteiger partial charge in [-0.25, -0.2) is 0 Å². The van der Waals surface area contributed by atoms with Crippen molar-refractivity contribution < 1.29 is 14.3 Å². The second-order valence-electron chi connectivity index (χ2n) is 7.22. The first-order chi connectivity index (χ1) is 15.8. The van der Waals surface area contributed by atoms with Crippen molar-refractivity contribution in [3.8, 4) is 5.75 Å². The second-order valence-corrected chi connectivity index (χ2v) is 9.04. The number of ether oxygens (including phenoxy) is 1. The van der Waals surface area contributed by atoms with Crippen LogP contribution in [-0.4, -0.2) is 29.2 Å². The van der Waals surface area contributed by atoms with E-state index in [0.717, 1.165) is 27.7 Å². The van der Waals surface area contributed by atoms with E-state index in [-0.39, 0.29) is 16.9 Å². The molecule has 0 aliphatic rings. The molecular weight excluding hydrogens is 454 g/mol. The van der Waals surface area contributed by atoms with E-state index in [1.807, 2.05) is 31.2 Å². The molecule has 33 heavy (non-hydrogen) atoms. The molecule has 0 fully saturated rings. The van der Waals surface area contributed by atoms with Crippen LogP contribution in [0.2, 0.25) is 0 Å². The van der Waals surface area contributed by atoms with Crippen LogP contribution < -0.4 is 20.7 Å². The van der Waals surface area contributed by atoms with Gasteiger partial charge < -0.3 is 20.7 Å². The zero-order chi connectivity index (χ0) is 23.8. The Balaban J connectivity index is 1.55. The normalized spacial score (nSPS) is 11.2. The molecule has 170 valence electrons. The Labute approximate surface area is 203 Å². The van der Waals surface area contributed by atoms with Crippen LogP contribution in [0, 0.1) is 0 Å². The van der Waals surface area contributed by atoms with E-state index >= 15 is 0 Å². The van der Waals surface area contributed by atoms with Crippen molar-refractivity contribution in [3.05, 3.63) is 78.4 Å². The van der Waals surface area contributed by atoms with Crippen LogP contribution in [0.5, 0.6) is 5.75 Å². The van der Waals surface area contributed by atoms with Gasteiger partial charge in [-0.15, -0.1) is 11.8 Å². The summed E-state index contributed by atoms with van der Waals surface area (Å²) in [5.74, 6) is 0.665. The van der Waals surface area contributed by atoms with Crippen molar-refractivity contribution in [3.63, 3.8) is 0 Å². The summed E-state index contributed by atoms with van der Waals surface area (Å²) < 4.78 is 5.14. The predicted octanol–water partition coefficient (Wildman–Crippen LogP) is 5.83. The second kappa shape index (κ2) is 11.5. The van der Waals surface area contributed by atoms with Gasteiger partial charge in [0.2, 0.25) is 5.91 Å². The van der Waals surface area contributed by atoms with E-state index in [0.29, 0.717) is 10.7 Å². The number of benzene rings is 3. The number of ketones is 1. The van der Waals surface area contributed by atoms with E-state index in [1.54, 1.807) is 55.6 Å². The fourth-order valence-corrected chi connectivity index (χ4v) is 4.07. The van der Waals surface area contributed by atoms with Gasteiger partial charge in [0, 0.05) is 27.5 Å². The Morgan fingerprint density at radius 1 is 0.879 bits per heavy atom. The van der Waals surface area contributed by atoms with Crippen molar-refractivity contribution >= 4 is 57.8 Å². The molecule has 3 aromatic carbocycles. The lowest BCUT2D eigenvalue weighted by molar-refractivity contribution is -0.115. The third kappa shape index (κ3) is 7.34. The van der Waals surface area contributed by atoms with E-state index in [1.165, 1.54) is 18.7 Å². The maximum Gasteiger partial charge on any atom is 0.237 e. The van der Waals surface area contributed by atoms with E-state index in [9.17, 15) is 9.59 Å². The SMILES string of the molecule is COc1ccc(NC(=O)C(C)Sc2cccc(NC(=S)Nc3ccc(C(C)=O)cc3)c2)cc1. The van der Waals surface area contributed by atoms with Crippen LogP contribution in [0.4, 0.5) is 17.1 Å². The number of Topliss-reactive ketones (excluding diaryl/α,β-unsaturated/α-hetero) is 1. The molecule has 0 aliphatic heterocycles. The molecule has 6 nitrogen and oxygen atoms in total. The molecular formula is C25H25N3O3S2. The largest absolute Gasteiger partial charge is 0.497 e. The maximum absolute atomic E-state index is 12.6. The molecule has 0 bridgehead atoms. The number of hydrogen-bond donors (Lipinski definition) is 3. The fourth-order valence-electron chi connectivity index (χ4n) is 2.90. The Kier molecular flexibility index (Phi) is 8.46. The van der Waals surface area contributed by atoms with Crippen molar-refractivity contribution in [2.45, 2.75) is 24.0 Å². The number of nitrogens with one attached hydrogen (secondary N) is 3. The zero-order valence-electron chi connectivity index (χ0n) is 18.5. The minimum absolute atomic E-state index is 0.0171. The fraction of sp³-hybridized carbons (Fsp3) is 0.160. The summed E-state index contributed by atoms with van der Waals surface area (Å²) in [5, 5.41) is 9.29. The smallest absolute Gasteiger partial charge is 0.237 e. The number of anilines is 3. The third-order valence-electron chi connectivity index (χ3n) is 4.68. The third-order valence-corrected chi connectivity index (χ3v) is 5.98. The van der Waals surface area contributed by atoms with Crippen LogP contribution >= 0.6 is 24.0 Å². The lowest BCUT2D eigenvalue weighted by atomic mass is 10.1. The van der Waals surface area contributed by atoms with Gasteiger partial charge in [-0.05, 0) is 92.8 Å². The number of hydrogen-bond acceptors (Lipinski definition) is 5. The minimum Gasteiger partial charge on any atom is -0.497 e. The van der Waals surface area contributed by atoms with Crippen molar-refractivity contribution in [1.82, 2.24) is 0 Å². The Bertz CT molecular complexity index is 1130. The predicted molar refractivity (Wildman–Crippen MR) is 140 cm³/mol. The molecule has 0 saturated carbocycles.